The molecule has 1 saturated heterocycles. The van der Waals surface area contributed by atoms with Crippen LogP contribution in [0.1, 0.15) is 12.8 Å². The summed E-state index contributed by atoms with van der Waals surface area (Å²) in [6.45, 7) is 0. The highest BCUT2D eigenvalue weighted by Crippen LogP contribution is 2.07. The van der Waals surface area contributed by atoms with E-state index in [1.54, 1.807) is 0 Å². The third kappa shape index (κ3) is 1.42. The monoisotopic (exact) mass is 129 g/mol. The fraction of sp³-hybridized carbons (Fsp3) is 0.600. The molecule has 0 aliphatic carbocycles. The summed E-state index contributed by atoms with van der Waals surface area (Å²) in [4.78, 5) is 20.1. The number of hydrogen-bond acceptors (Lipinski definition) is 2. The zero-order valence-electron chi connectivity index (χ0n) is 4.76. The van der Waals surface area contributed by atoms with Gasteiger partial charge in [-0.05, 0) is 0 Å². The minimum atomic E-state index is -0.861. The number of hydrogen-bond donors (Lipinski definition) is 2. The average Bonchev–Trinajstić information content (AvgIpc) is 1.60. The van der Waals surface area contributed by atoms with E-state index in [1.807, 2.05) is 0 Å². The molecule has 0 aromatic rings. The Morgan fingerprint density at radius 2 is 2.44 bits per heavy atom. The molecule has 1 amide bonds. The summed E-state index contributed by atoms with van der Waals surface area (Å²) in [5, 5.41) is 10.6. The van der Waals surface area contributed by atoms with Gasteiger partial charge in [0.15, 0.2) is 0 Å². The van der Waals surface area contributed by atoms with Crippen LogP contribution in [0.5, 0.6) is 0 Å². The van der Waals surface area contributed by atoms with Crippen molar-refractivity contribution >= 4 is 11.9 Å². The molecule has 0 radical (unpaired) electrons. The molecule has 0 aromatic carbocycles. The van der Waals surface area contributed by atoms with Crippen molar-refractivity contribution in [3.63, 3.8) is 0 Å². The standard InChI is InChI=1S/C5H7NO3/c7-4-1-3(6-4)2-5(8)9/h3H,1-2H2,(H,6,7)(H,8,9)/t3-/m1/s1. The summed E-state index contributed by atoms with van der Waals surface area (Å²) in [5.74, 6) is -0.916. The molecule has 0 bridgehead atoms. The van der Waals surface area contributed by atoms with Gasteiger partial charge in [-0.2, -0.15) is 0 Å². The van der Waals surface area contributed by atoms with Gasteiger partial charge in [0, 0.05) is 12.5 Å². The van der Waals surface area contributed by atoms with E-state index in [2.05, 4.69) is 5.32 Å². The van der Waals surface area contributed by atoms with Crippen LogP contribution in [0, 0.1) is 0 Å². The van der Waals surface area contributed by atoms with Gasteiger partial charge in [-0.3, -0.25) is 9.59 Å². The van der Waals surface area contributed by atoms with Crippen LogP contribution in [-0.4, -0.2) is 23.0 Å². The van der Waals surface area contributed by atoms with Crippen LogP contribution in [0.2, 0.25) is 0 Å². The van der Waals surface area contributed by atoms with E-state index in [0.717, 1.165) is 0 Å². The van der Waals surface area contributed by atoms with Gasteiger partial charge in [0.05, 0.1) is 6.42 Å². The number of aliphatic carboxylic acids is 1. The van der Waals surface area contributed by atoms with Gasteiger partial charge in [0.1, 0.15) is 0 Å². The second-order valence-electron chi connectivity index (χ2n) is 2.07. The van der Waals surface area contributed by atoms with Crippen LogP contribution in [0.3, 0.4) is 0 Å². The van der Waals surface area contributed by atoms with Crippen molar-refractivity contribution in [1.29, 1.82) is 0 Å². The Morgan fingerprint density at radius 3 is 2.78 bits per heavy atom. The van der Waals surface area contributed by atoms with Gasteiger partial charge in [-0.1, -0.05) is 0 Å². The van der Waals surface area contributed by atoms with Crippen molar-refractivity contribution < 1.29 is 14.7 Å². The molecule has 50 valence electrons. The van der Waals surface area contributed by atoms with Gasteiger partial charge in [0.25, 0.3) is 0 Å². The summed E-state index contributed by atoms with van der Waals surface area (Å²) in [5.41, 5.74) is 0. The van der Waals surface area contributed by atoms with Crippen LogP contribution in [-0.2, 0) is 9.59 Å². The molecule has 1 rings (SSSR count). The van der Waals surface area contributed by atoms with Gasteiger partial charge in [-0.25, -0.2) is 0 Å². The summed E-state index contributed by atoms with van der Waals surface area (Å²) >= 11 is 0. The zero-order valence-corrected chi connectivity index (χ0v) is 4.76. The third-order valence-corrected chi connectivity index (χ3v) is 1.22. The highest BCUT2D eigenvalue weighted by atomic mass is 16.4. The molecule has 1 aliphatic heterocycles. The van der Waals surface area contributed by atoms with Crippen molar-refractivity contribution in [3.8, 4) is 0 Å². The third-order valence-electron chi connectivity index (χ3n) is 1.22. The number of carboxylic acids is 1. The Labute approximate surface area is 51.9 Å². The predicted molar refractivity (Wildman–Crippen MR) is 28.8 cm³/mol. The number of carboxylic acid groups (broad SMARTS) is 1. The van der Waals surface area contributed by atoms with Crippen LogP contribution < -0.4 is 5.32 Å². The molecule has 0 unspecified atom stereocenters. The maximum absolute atomic E-state index is 10.2. The normalized spacial score (nSPS) is 24.4. The van der Waals surface area contributed by atoms with Crippen molar-refractivity contribution in [3.05, 3.63) is 0 Å². The molecule has 4 heteroatoms. The fourth-order valence-corrected chi connectivity index (χ4v) is 0.764. The summed E-state index contributed by atoms with van der Waals surface area (Å²) in [7, 11) is 0. The molecule has 4 nitrogen and oxygen atoms in total. The molecule has 1 fully saturated rings. The van der Waals surface area contributed by atoms with E-state index in [-0.39, 0.29) is 18.4 Å². The topological polar surface area (TPSA) is 66.4 Å². The molecular formula is C5H7NO3. The van der Waals surface area contributed by atoms with Gasteiger partial charge in [-0.15, -0.1) is 0 Å². The maximum Gasteiger partial charge on any atom is 0.305 e. The SMILES string of the molecule is O=C(O)C[C@H]1CC(=O)N1. The van der Waals surface area contributed by atoms with Gasteiger partial charge >= 0.3 is 5.97 Å². The lowest BCUT2D eigenvalue weighted by Gasteiger charge is -2.24. The van der Waals surface area contributed by atoms with Crippen molar-refractivity contribution in [2.75, 3.05) is 0 Å². The number of carbonyl (C=O) groups excluding carboxylic acids is 1. The lowest BCUT2D eigenvalue weighted by Crippen LogP contribution is -2.49. The summed E-state index contributed by atoms with van der Waals surface area (Å²) in [6, 6.07) is -0.116. The first kappa shape index (κ1) is 6.07. The number of amides is 1. The lowest BCUT2D eigenvalue weighted by molar-refractivity contribution is -0.139. The van der Waals surface area contributed by atoms with Crippen molar-refractivity contribution in [1.82, 2.24) is 5.32 Å². The Balaban J connectivity index is 2.18. The quantitative estimate of drug-likeness (QED) is 0.487. The van der Waals surface area contributed by atoms with E-state index in [4.69, 9.17) is 5.11 Å². The summed E-state index contributed by atoms with van der Waals surface area (Å²) < 4.78 is 0. The molecule has 9 heavy (non-hydrogen) atoms. The minimum Gasteiger partial charge on any atom is -0.481 e. The van der Waals surface area contributed by atoms with Gasteiger partial charge < -0.3 is 10.4 Å². The Kier molecular flexibility index (Phi) is 1.38. The first-order valence-electron chi connectivity index (χ1n) is 2.69. The molecular weight excluding hydrogens is 122 g/mol. The van der Waals surface area contributed by atoms with Crippen molar-refractivity contribution in [2.24, 2.45) is 0 Å². The number of β-lactam (4-membered cyclic amide) rings is 1. The average molecular weight is 129 g/mol. The number of carbonyl (C=O) groups is 2. The van der Waals surface area contributed by atoms with E-state index in [9.17, 15) is 9.59 Å². The fourth-order valence-electron chi connectivity index (χ4n) is 0.764. The molecule has 2 N–H and O–H groups in total. The Bertz CT molecular complexity index is 146. The molecule has 0 spiro atoms. The first-order valence-corrected chi connectivity index (χ1v) is 2.69. The maximum atomic E-state index is 10.2. The van der Waals surface area contributed by atoms with Crippen LogP contribution in [0.15, 0.2) is 0 Å². The van der Waals surface area contributed by atoms with Crippen molar-refractivity contribution in [2.45, 2.75) is 18.9 Å². The van der Waals surface area contributed by atoms with Gasteiger partial charge in [0.2, 0.25) is 5.91 Å². The van der Waals surface area contributed by atoms with Crippen LogP contribution in [0.4, 0.5) is 0 Å². The lowest BCUT2D eigenvalue weighted by atomic mass is 10.0. The highest BCUT2D eigenvalue weighted by Gasteiger charge is 2.26. The van der Waals surface area contributed by atoms with E-state index < -0.39 is 5.97 Å². The molecule has 1 heterocycles. The van der Waals surface area contributed by atoms with E-state index in [0.29, 0.717) is 6.42 Å². The highest BCUT2D eigenvalue weighted by molar-refractivity contribution is 5.84. The zero-order chi connectivity index (χ0) is 6.85. The predicted octanol–water partition coefficient (Wildman–Crippen LogP) is -0.650. The van der Waals surface area contributed by atoms with E-state index in [1.165, 1.54) is 0 Å². The van der Waals surface area contributed by atoms with Crippen LogP contribution >= 0.6 is 0 Å². The smallest absolute Gasteiger partial charge is 0.305 e. The minimum absolute atomic E-state index is 0.0474. The largest absolute Gasteiger partial charge is 0.481 e. The second kappa shape index (κ2) is 2.05. The summed E-state index contributed by atoms with van der Waals surface area (Å²) in [6.07, 6.45) is 0.415. The second-order valence-corrected chi connectivity index (χ2v) is 2.07. The molecule has 0 saturated carbocycles. The van der Waals surface area contributed by atoms with Crippen LogP contribution in [0.25, 0.3) is 0 Å². The van der Waals surface area contributed by atoms with E-state index >= 15 is 0 Å². The first-order chi connectivity index (χ1) is 4.18. The molecule has 1 aliphatic rings. The molecule has 0 aromatic heterocycles. The molecule has 1 atom stereocenters. The number of rotatable bonds is 2. The Morgan fingerprint density at radius 1 is 1.89 bits per heavy atom. The Hall–Kier alpha value is -1.06. The number of nitrogens with one attached hydrogen (secondary N) is 1.